The Kier molecular flexibility index (Phi) is 6.71. The first-order valence-electron chi connectivity index (χ1n) is 9.21. The zero-order chi connectivity index (χ0) is 19.9. The Balaban J connectivity index is 1.83. The highest BCUT2D eigenvalue weighted by atomic mass is 32.1. The quantitative estimate of drug-likeness (QED) is 0.541. The lowest BCUT2D eigenvalue weighted by Crippen LogP contribution is -2.32. The normalized spacial score (nSPS) is 10.5. The van der Waals surface area contributed by atoms with E-state index in [1.54, 1.807) is 43.8 Å². The van der Waals surface area contributed by atoms with Crippen molar-refractivity contribution in [1.29, 1.82) is 0 Å². The molecular weight excluding hydrogens is 370 g/mol. The number of nitrogens with zero attached hydrogens (tertiary/aromatic N) is 1. The molecule has 0 atom stereocenters. The van der Waals surface area contributed by atoms with E-state index in [1.807, 2.05) is 23.1 Å². The van der Waals surface area contributed by atoms with Gasteiger partial charge in [0.15, 0.2) is 11.5 Å². The van der Waals surface area contributed by atoms with Crippen LogP contribution in [0.5, 0.6) is 11.5 Å². The van der Waals surface area contributed by atoms with Crippen molar-refractivity contribution >= 4 is 17.2 Å². The molecule has 28 heavy (non-hydrogen) atoms. The lowest BCUT2D eigenvalue weighted by molar-refractivity contribution is 0.0746. The maximum absolute atomic E-state index is 13.3. The highest BCUT2D eigenvalue weighted by molar-refractivity contribution is 7.11. The first-order chi connectivity index (χ1) is 13.6. The molecule has 0 fully saturated rings. The maximum atomic E-state index is 13.3. The van der Waals surface area contributed by atoms with Gasteiger partial charge in [-0.15, -0.1) is 11.3 Å². The Morgan fingerprint density at radius 1 is 0.964 bits per heavy atom. The number of hydrogen-bond donors (Lipinski definition) is 0. The van der Waals surface area contributed by atoms with Gasteiger partial charge in [0.25, 0.3) is 5.91 Å². The van der Waals surface area contributed by atoms with Crippen molar-refractivity contribution in [3.8, 4) is 11.5 Å². The van der Waals surface area contributed by atoms with Crippen molar-refractivity contribution < 1.29 is 14.3 Å². The summed E-state index contributed by atoms with van der Waals surface area (Å²) in [5.41, 5.74) is 1.81. The molecule has 0 aliphatic carbocycles. The lowest BCUT2D eigenvalue weighted by Gasteiger charge is -2.23. The van der Waals surface area contributed by atoms with Crippen LogP contribution in [0.15, 0.2) is 60.7 Å². The van der Waals surface area contributed by atoms with Crippen molar-refractivity contribution in [3.63, 3.8) is 0 Å². The number of carbonyl (C=O) groups is 1. The number of benzene rings is 2. The van der Waals surface area contributed by atoms with Gasteiger partial charge >= 0.3 is 0 Å². The third kappa shape index (κ3) is 4.93. The molecule has 0 unspecified atom stereocenters. The second kappa shape index (κ2) is 9.42. The van der Waals surface area contributed by atoms with Gasteiger partial charge in [0.05, 0.1) is 20.8 Å². The molecule has 1 heterocycles. The molecule has 0 aliphatic heterocycles. The fraction of sp³-hybridized carbons (Fsp3) is 0.261. The van der Waals surface area contributed by atoms with Gasteiger partial charge in [-0.2, -0.15) is 0 Å². The second-order valence-electron chi connectivity index (χ2n) is 6.54. The summed E-state index contributed by atoms with van der Waals surface area (Å²) in [5.74, 6) is 1.16. The van der Waals surface area contributed by atoms with E-state index in [1.165, 1.54) is 15.3 Å². The van der Waals surface area contributed by atoms with Crippen LogP contribution in [0.3, 0.4) is 0 Å². The van der Waals surface area contributed by atoms with E-state index in [9.17, 15) is 4.79 Å². The highest BCUT2D eigenvalue weighted by Crippen LogP contribution is 2.28. The molecule has 146 valence electrons. The zero-order valence-electron chi connectivity index (χ0n) is 16.5. The van der Waals surface area contributed by atoms with Crippen LogP contribution in [0.4, 0.5) is 0 Å². The minimum atomic E-state index is -0.0112. The average molecular weight is 396 g/mol. The lowest BCUT2D eigenvalue weighted by atomic mass is 10.1. The fourth-order valence-corrected chi connectivity index (χ4v) is 3.98. The average Bonchev–Trinajstić information content (AvgIpc) is 3.15. The van der Waals surface area contributed by atoms with Gasteiger partial charge in [-0.3, -0.25) is 4.79 Å². The number of ether oxygens (including phenoxy) is 2. The first kappa shape index (κ1) is 20.0. The predicted octanol–water partition coefficient (Wildman–Crippen LogP) is 4.96. The van der Waals surface area contributed by atoms with Crippen molar-refractivity contribution in [3.05, 3.63) is 81.5 Å². The smallest absolute Gasteiger partial charge is 0.254 e. The van der Waals surface area contributed by atoms with Crippen molar-refractivity contribution in [2.24, 2.45) is 0 Å². The number of rotatable bonds is 8. The molecule has 3 aromatic rings. The molecule has 0 saturated heterocycles. The molecule has 1 amide bonds. The summed E-state index contributed by atoms with van der Waals surface area (Å²) in [5, 5.41) is 0. The van der Waals surface area contributed by atoms with Gasteiger partial charge in [-0.25, -0.2) is 0 Å². The first-order valence-corrected chi connectivity index (χ1v) is 10.0. The summed E-state index contributed by atoms with van der Waals surface area (Å²) in [6.45, 7) is 3.32. The number of methoxy groups -OCH3 is 2. The van der Waals surface area contributed by atoms with Crippen LogP contribution in [-0.2, 0) is 13.0 Å². The van der Waals surface area contributed by atoms with Gasteiger partial charge in [0, 0.05) is 21.9 Å². The Bertz CT molecular complexity index is 921. The van der Waals surface area contributed by atoms with Gasteiger partial charge in [0.2, 0.25) is 0 Å². The molecular formula is C23H25NO3S. The predicted molar refractivity (Wildman–Crippen MR) is 113 cm³/mol. The number of amides is 1. The molecule has 0 radical (unpaired) electrons. The van der Waals surface area contributed by atoms with Crippen molar-refractivity contribution in [1.82, 2.24) is 4.90 Å². The standard InChI is InChI=1S/C23H25NO3S/c1-17-9-11-20(28-17)16-24(14-13-18-7-5-4-6-8-18)23(25)19-10-12-21(26-2)22(15-19)27-3/h4-12,15H,13-14,16H2,1-3H3. The third-order valence-corrected chi connectivity index (χ3v) is 5.56. The summed E-state index contributed by atoms with van der Waals surface area (Å²) >= 11 is 1.73. The summed E-state index contributed by atoms with van der Waals surface area (Å²) in [6.07, 6.45) is 0.810. The van der Waals surface area contributed by atoms with E-state index in [4.69, 9.17) is 9.47 Å². The molecule has 3 rings (SSSR count). The van der Waals surface area contributed by atoms with Crippen LogP contribution in [0, 0.1) is 6.92 Å². The maximum Gasteiger partial charge on any atom is 0.254 e. The van der Waals surface area contributed by atoms with Crippen LogP contribution >= 0.6 is 11.3 Å². The van der Waals surface area contributed by atoms with Crippen LogP contribution < -0.4 is 9.47 Å². The van der Waals surface area contributed by atoms with Crippen LogP contribution in [0.2, 0.25) is 0 Å². The van der Waals surface area contributed by atoms with E-state index in [2.05, 4.69) is 31.2 Å². The minimum absolute atomic E-state index is 0.0112. The summed E-state index contributed by atoms with van der Waals surface area (Å²) < 4.78 is 10.7. The van der Waals surface area contributed by atoms with Crippen LogP contribution in [-0.4, -0.2) is 31.6 Å². The van der Waals surface area contributed by atoms with E-state index in [0.717, 1.165) is 6.42 Å². The number of carbonyl (C=O) groups excluding carboxylic acids is 1. The van der Waals surface area contributed by atoms with Gasteiger partial charge in [-0.05, 0) is 49.2 Å². The van der Waals surface area contributed by atoms with Gasteiger partial charge < -0.3 is 14.4 Å². The Morgan fingerprint density at radius 2 is 1.71 bits per heavy atom. The summed E-state index contributed by atoms with van der Waals surface area (Å²) in [7, 11) is 3.17. The van der Waals surface area contributed by atoms with Crippen molar-refractivity contribution in [2.45, 2.75) is 19.9 Å². The fourth-order valence-electron chi connectivity index (χ4n) is 3.07. The van der Waals surface area contributed by atoms with E-state index >= 15 is 0 Å². The molecule has 0 N–H and O–H groups in total. The second-order valence-corrected chi connectivity index (χ2v) is 7.92. The van der Waals surface area contributed by atoms with Crippen molar-refractivity contribution in [2.75, 3.05) is 20.8 Å². The number of aryl methyl sites for hydroxylation is 1. The molecule has 0 aliphatic rings. The van der Waals surface area contributed by atoms with Crippen LogP contribution in [0.25, 0.3) is 0 Å². The summed E-state index contributed by atoms with van der Waals surface area (Å²) in [4.78, 5) is 17.6. The topological polar surface area (TPSA) is 38.8 Å². The van der Waals surface area contributed by atoms with E-state index in [-0.39, 0.29) is 5.91 Å². The SMILES string of the molecule is COc1ccc(C(=O)N(CCc2ccccc2)Cc2ccc(C)s2)cc1OC. The minimum Gasteiger partial charge on any atom is -0.493 e. The van der Waals surface area contributed by atoms with Gasteiger partial charge in [0.1, 0.15) is 0 Å². The molecule has 2 aromatic carbocycles. The third-order valence-electron chi connectivity index (χ3n) is 4.57. The summed E-state index contributed by atoms with van der Waals surface area (Å²) in [6, 6.07) is 19.7. The molecule has 5 heteroatoms. The van der Waals surface area contributed by atoms with Gasteiger partial charge in [-0.1, -0.05) is 30.3 Å². The highest BCUT2D eigenvalue weighted by Gasteiger charge is 2.19. The Morgan fingerprint density at radius 3 is 2.36 bits per heavy atom. The van der Waals surface area contributed by atoms with E-state index in [0.29, 0.717) is 30.2 Å². The number of thiophene rings is 1. The largest absolute Gasteiger partial charge is 0.493 e. The monoisotopic (exact) mass is 395 g/mol. The molecule has 1 aromatic heterocycles. The molecule has 0 saturated carbocycles. The van der Waals surface area contributed by atoms with Crippen LogP contribution in [0.1, 0.15) is 25.7 Å². The molecule has 0 spiro atoms. The Hall–Kier alpha value is -2.79. The van der Waals surface area contributed by atoms with E-state index < -0.39 is 0 Å². The molecule has 4 nitrogen and oxygen atoms in total. The zero-order valence-corrected chi connectivity index (χ0v) is 17.3. The Labute approximate surface area is 170 Å². The molecule has 0 bridgehead atoms. The number of hydrogen-bond acceptors (Lipinski definition) is 4.